The van der Waals surface area contributed by atoms with Crippen LogP contribution in [0.5, 0.6) is 0 Å². The summed E-state index contributed by atoms with van der Waals surface area (Å²) in [4.78, 5) is 11.6. The van der Waals surface area contributed by atoms with E-state index in [9.17, 15) is 4.79 Å². The van der Waals surface area contributed by atoms with E-state index < -0.39 is 0 Å². The second kappa shape index (κ2) is 7.85. The van der Waals surface area contributed by atoms with Gasteiger partial charge in [0.25, 0.3) is 0 Å². The molecule has 0 heterocycles. The Kier molecular flexibility index (Phi) is 6.33. The van der Waals surface area contributed by atoms with Crippen LogP contribution in [0, 0.1) is 0 Å². The van der Waals surface area contributed by atoms with Crippen molar-refractivity contribution in [1.82, 2.24) is 5.32 Å². The Labute approximate surface area is 103 Å². The molecule has 3 nitrogen and oxygen atoms in total. The summed E-state index contributed by atoms with van der Waals surface area (Å²) in [5.74, 6) is -0.0330. The molecule has 1 rings (SSSR count). The van der Waals surface area contributed by atoms with Crippen LogP contribution in [0.3, 0.4) is 0 Å². The van der Waals surface area contributed by atoms with Crippen LogP contribution in [-0.2, 0) is 11.2 Å². The second-order valence-corrected chi connectivity index (χ2v) is 4.28. The average Bonchev–Trinajstić information content (AvgIpc) is 2.37. The molecule has 1 aromatic rings. The Morgan fingerprint density at radius 3 is 2.71 bits per heavy atom. The Balaban J connectivity index is 2.20. The van der Waals surface area contributed by atoms with Crippen LogP contribution in [0.1, 0.15) is 31.7 Å². The van der Waals surface area contributed by atoms with E-state index in [1.54, 1.807) is 0 Å². The van der Waals surface area contributed by atoms with Crippen LogP contribution < -0.4 is 11.1 Å². The van der Waals surface area contributed by atoms with E-state index in [2.05, 4.69) is 24.4 Å². The minimum absolute atomic E-state index is 0.0330. The highest BCUT2D eigenvalue weighted by Gasteiger charge is 2.11. The molecule has 1 aromatic carbocycles. The number of unbranched alkanes of at least 4 members (excludes halogenated alkanes) is 1. The highest BCUT2D eigenvalue weighted by Crippen LogP contribution is 2.00. The lowest BCUT2D eigenvalue weighted by Gasteiger charge is -2.11. The number of carbonyl (C=O) groups is 1. The summed E-state index contributed by atoms with van der Waals surface area (Å²) in [6.45, 7) is 2.75. The van der Waals surface area contributed by atoms with Crippen molar-refractivity contribution in [3.8, 4) is 0 Å². The first kappa shape index (κ1) is 13.7. The topological polar surface area (TPSA) is 55.1 Å². The summed E-state index contributed by atoms with van der Waals surface area (Å²) in [6, 6.07) is 9.76. The molecule has 0 radical (unpaired) electrons. The lowest BCUT2D eigenvalue weighted by atomic mass is 10.1. The molecule has 0 unspecified atom stereocenters. The molecule has 3 N–H and O–H groups in total. The third-order valence-electron chi connectivity index (χ3n) is 2.76. The number of nitrogens with one attached hydrogen (secondary N) is 1. The first-order valence-electron chi connectivity index (χ1n) is 6.31. The molecular weight excluding hydrogens is 212 g/mol. The van der Waals surface area contributed by atoms with Crippen molar-refractivity contribution in [3.05, 3.63) is 35.9 Å². The predicted octanol–water partition coefficient (Wildman–Crippen LogP) is 1.86. The molecule has 0 aliphatic carbocycles. The van der Waals surface area contributed by atoms with Crippen molar-refractivity contribution in [2.45, 2.75) is 38.6 Å². The third kappa shape index (κ3) is 5.50. The molecule has 0 fully saturated rings. The summed E-state index contributed by atoms with van der Waals surface area (Å²) in [6.07, 6.45) is 3.71. The van der Waals surface area contributed by atoms with Gasteiger partial charge in [0.1, 0.15) is 0 Å². The Hall–Kier alpha value is -1.35. The number of benzene rings is 1. The van der Waals surface area contributed by atoms with Crippen molar-refractivity contribution < 1.29 is 4.79 Å². The van der Waals surface area contributed by atoms with Crippen molar-refractivity contribution in [2.75, 3.05) is 6.54 Å². The molecule has 17 heavy (non-hydrogen) atoms. The van der Waals surface area contributed by atoms with Crippen LogP contribution in [0.2, 0.25) is 0 Å². The zero-order valence-electron chi connectivity index (χ0n) is 10.5. The third-order valence-corrected chi connectivity index (χ3v) is 2.76. The average molecular weight is 234 g/mol. The zero-order chi connectivity index (χ0) is 12.5. The van der Waals surface area contributed by atoms with Crippen molar-refractivity contribution >= 4 is 5.91 Å². The van der Waals surface area contributed by atoms with Gasteiger partial charge in [-0.05, 0) is 18.4 Å². The normalized spacial score (nSPS) is 12.1. The molecule has 1 atom stereocenters. The van der Waals surface area contributed by atoms with E-state index in [0.717, 1.165) is 25.7 Å². The fraction of sp³-hybridized carbons (Fsp3) is 0.500. The van der Waals surface area contributed by atoms with Crippen LogP contribution in [0.15, 0.2) is 30.3 Å². The summed E-state index contributed by atoms with van der Waals surface area (Å²) in [7, 11) is 0. The number of carbonyl (C=O) groups excluding carboxylic acids is 1. The van der Waals surface area contributed by atoms with Crippen LogP contribution >= 0.6 is 0 Å². The molecule has 0 spiro atoms. The quantitative estimate of drug-likeness (QED) is 0.756. The SMILES string of the molecule is CCCC[C@H](N)C(=O)NCCc1ccccc1. The van der Waals surface area contributed by atoms with Gasteiger partial charge in [0, 0.05) is 6.54 Å². The Morgan fingerprint density at radius 1 is 1.35 bits per heavy atom. The van der Waals surface area contributed by atoms with E-state index in [0.29, 0.717) is 6.54 Å². The van der Waals surface area contributed by atoms with E-state index in [-0.39, 0.29) is 11.9 Å². The zero-order valence-corrected chi connectivity index (χ0v) is 10.5. The molecule has 0 aliphatic rings. The van der Waals surface area contributed by atoms with Crippen LogP contribution in [0.25, 0.3) is 0 Å². The van der Waals surface area contributed by atoms with Crippen molar-refractivity contribution in [3.63, 3.8) is 0 Å². The molecule has 0 saturated heterocycles. The first-order valence-corrected chi connectivity index (χ1v) is 6.31. The minimum Gasteiger partial charge on any atom is -0.354 e. The summed E-state index contributed by atoms with van der Waals surface area (Å²) < 4.78 is 0. The van der Waals surface area contributed by atoms with Gasteiger partial charge in [-0.25, -0.2) is 0 Å². The lowest BCUT2D eigenvalue weighted by molar-refractivity contribution is -0.122. The fourth-order valence-electron chi connectivity index (χ4n) is 1.66. The molecule has 3 heteroatoms. The first-order chi connectivity index (χ1) is 8.24. The highest BCUT2D eigenvalue weighted by molar-refractivity contribution is 5.81. The Morgan fingerprint density at radius 2 is 2.06 bits per heavy atom. The van der Waals surface area contributed by atoms with E-state index in [1.807, 2.05) is 18.2 Å². The fourth-order valence-corrected chi connectivity index (χ4v) is 1.66. The summed E-state index contributed by atoms with van der Waals surface area (Å²) >= 11 is 0. The van der Waals surface area contributed by atoms with Gasteiger partial charge in [0.2, 0.25) is 5.91 Å². The Bertz CT molecular complexity index is 324. The molecule has 0 bridgehead atoms. The van der Waals surface area contributed by atoms with Gasteiger partial charge in [-0.2, -0.15) is 0 Å². The van der Waals surface area contributed by atoms with E-state index >= 15 is 0 Å². The number of rotatable bonds is 7. The predicted molar refractivity (Wildman–Crippen MR) is 70.7 cm³/mol. The van der Waals surface area contributed by atoms with E-state index in [1.165, 1.54) is 5.56 Å². The van der Waals surface area contributed by atoms with Gasteiger partial charge in [-0.1, -0.05) is 50.1 Å². The van der Waals surface area contributed by atoms with Crippen LogP contribution in [0.4, 0.5) is 0 Å². The number of hydrogen-bond acceptors (Lipinski definition) is 2. The molecule has 94 valence electrons. The lowest BCUT2D eigenvalue weighted by Crippen LogP contribution is -2.41. The number of nitrogens with two attached hydrogens (primary N) is 1. The molecule has 0 aromatic heterocycles. The van der Waals surface area contributed by atoms with Gasteiger partial charge >= 0.3 is 0 Å². The summed E-state index contributed by atoms with van der Waals surface area (Å²) in [5.41, 5.74) is 7.00. The maximum atomic E-state index is 11.6. The second-order valence-electron chi connectivity index (χ2n) is 4.28. The van der Waals surface area contributed by atoms with Crippen molar-refractivity contribution in [2.24, 2.45) is 5.73 Å². The van der Waals surface area contributed by atoms with E-state index in [4.69, 9.17) is 5.73 Å². The van der Waals surface area contributed by atoms with Gasteiger partial charge in [-0.15, -0.1) is 0 Å². The van der Waals surface area contributed by atoms with Crippen molar-refractivity contribution in [1.29, 1.82) is 0 Å². The standard InChI is InChI=1S/C14H22N2O/c1-2-3-9-13(15)14(17)16-11-10-12-7-5-4-6-8-12/h4-8,13H,2-3,9-11,15H2,1H3,(H,16,17)/t13-/m0/s1. The summed E-state index contributed by atoms with van der Waals surface area (Å²) in [5, 5.41) is 2.88. The number of amides is 1. The smallest absolute Gasteiger partial charge is 0.236 e. The monoisotopic (exact) mass is 234 g/mol. The maximum Gasteiger partial charge on any atom is 0.236 e. The minimum atomic E-state index is -0.356. The molecule has 0 aliphatic heterocycles. The number of hydrogen-bond donors (Lipinski definition) is 2. The molecule has 1 amide bonds. The largest absolute Gasteiger partial charge is 0.354 e. The van der Waals surface area contributed by atoms with Crippen LogP contribution in [-0.4, -0.2) is 18.5 Å². The van der Waals surface area contributed by atoms with Gasteiger partial charge in [0.05, 0.1) is 6.04 Å². The van der Waals surface area contributed by atoms with Gasteiger partial charge in [0.15, 0.2) is 0 Å². The van der Waals surface area contributed by atoms with Gasteiger partial charge < -0.3 is 11.1 Å². The molecule has 0 saturated carbocycles. The molecular formula is C14H22N2O. The van der Waals surface area contributed by atoms with Gasteiger partial charge in [-0.3, -0.25) is 4.79 Å². The highest BCUT2D eigenvalue weighted by atomic mass is 16.2. The maximum absolute atomic E-state index is 11.6.